The van der Waals surface area contributed by atoms with Crippen molar-refractivity contribution in [1.82, 2.24) is 0 Å². The Morgan fingerprint density at radius 3 is 2.64 bits per heavy atom. The van der Waals surface area contributed by atoms with Gasteiger partial charge in [-0.1, -0.05) is 26.3 Å². The van der Waals surface area contributed by atoms with Crippen LogP contribution in [-0.2, 0) is 4.79 Å². The van der Waals surface area contributed by atoms with Crippen LogP contribution in [0.2, 0.25) is 0 Å². The highest BCUT2D eigenvalue weighted by Gasteiger charge is 2.08. The Morgan fingerprint density at radius 2 is 2.14 bits per heavy atom. The number of allylic oxidation sites excluding steroid dienone is 1. The van der Waals surface area contributed by atoms with Crippen LogP contribution in [0.25, 0.3) is 0 Å². The van der Waals surface area contributed by atoms with Gasteiger partial charge in [0.25, 0.3) is 0 Å². The lowest BCUT2D eigenvalue weighted by molar-refractivity contribution is -0.114. The third-order valence-electron chi connectivity index (χ3n) is 2.54. The third-order valence-corrected chi connectivity index (χ3v) is 2.54. The molecule has 0 spiro atoms. The summed E-state index contributed by atoms with van der Waals surface area (Å²) in [6, 6.07) is 0. The molecule has 2 N–H and O–H groups in total. The van der Waals surface area contributed by atoms with Crippen LogP contribution in [0.3, 0.4) is 0 Å². The molecule has 0 aliphatic carbocycles. The fraction of sp³-hybridized carbons (Fsp3) is 0.750. The van der Waals surface area contributed by atoms with E-state index in [0.717, 1.165) is 25.8 Å². The fourth-order valence-corrected chi connectivity index (χ4v) is 1.70. The number of carbonyl (C=O) groups excluding carboxylic acids is 1. The molecule has 82 valence electrons. The van der Waals surface area contributed by atoms with E-state index < -0.39 is 0 Å². The van der Waals surface area contributed by atoms with E-state index in [9.17, 15) is 4.79 Å². The number of rotatable bonds is 9. The first-order chi connectivity index (χ1) is 6.74. The van der Waals surface area contributed by atoms with Crippen LogP contribution in [0.5, 0.6) is 0 Å². The van der Waals surface area contributed by atoms with Gasteiger partial charge in [-0.25, -0.2) is 0 Å². The van der Waals surface area contributed by atoms with E-state index in [-0.39, 0.29) is 5.78 Å². The van der Waals surface area contributed by atoms with Crippen molar-refractivity contribution in [2.45, 2.75) is 45.4 Å². The predicted octanol–water partition coefficient (Wildman–Crippen LogP) is 2.68. The number of carbonyl (C=O) groups is 1. The summed E-state index contributed by atoms with van der Waals surface area (Å²) in [4.78, 5) is 11.1. The van der Waals surface area contributed by atoms with Crippen LogP contribution in [0, 0.1) is 5.92 Å². The quantitative estimate of drug-likeness (QED) is 0.577. The third kappa shape index (κ3) is 6.84. The van der Waals surface area contributed by atoms with Gasteiger partial charge in [0.05, 0.1) is 0 Å². The second-order valence-corrected chi connectivity index (χ2v) is 3.79. The highest BCUT2D eigenvalue weighted by Crippen LogP contribution is 2.19. The largest absolute Gasteiger partial charge is 0.330 e. The Kier molecular flexibility index (Phi) is 8.54. The van der Waals surface area contributed by atoms with Gasteiger partial charge in [-0.05, 0) is 37.8 Å². The summed E-state index contributed by atoms with van der Waals surface area (Å²) >= 11 is 0. The van der Waals surface area contributed by atoms with Crippen molar-refractivity contribution in [1.29, 1.82) is 0 Å². The van der Waals surface area contributed by atoms with E-state index in [1.54, 1.807) is 0 Å². The summed E-state index contributed by atoms with van der Waals surface area (Å²) in [5.41, 5.74) is 5.47. The zero-order valence-electron chi connectivity index (χ0n) is 9.30. The van der Waals surface area contributed by atoms with Crippen molar-refractivity contribution in [2.24, 2.45) is 11.7 Å². The SMILES string of the molecule is C=CC(=O)CCC(CCC)CCCN. The fourth-order valence-electron chi connectivity index (χ4n) is 1.70. The van der Waals surface area contributed by atoms with Gasteiger partial charge in [0.15, 0.2) is 5.78 Å². The second-order valence-electron chi connectivity index (χ2n) is 3.79. The van der Waals surface area contributed by atoms with Crippen LogP contribution in [0.4, 0.5) is 0 Å². The van der Waals surface area contributed by atoms with Crippen molar-refractivity contribution in [3.05, 3.63) is 12.7 Å². The smallest absolute Gasteiger partial charge is 0.155 e. The average Bonchev–Trinajstić information content (AvgIpc) is 2.21. The Balaban J connectivity index is 3.71. The van der Waals surface area contributed by atoms with Crippen molar-refractivity contribution in [2.75, 3.05) is 6.54 Å². The molecule has 0 heterocycles. The van der Waals surface area contributed by atoms with Crippen molar-refractivity contribution < 1.29 is 4.79 Å². The van der Waals surface area contributed by atoms with E-state index in [1.807, 2.05) is 0 Å². The zero-order chi connectivity index (χ0) is 10.8. The molecule has 0 aromatic heterocycles. The molecule has 0 rings (SSSR count). The molecule has 2 heteroatoms. The van der Waals surface area contributed by atoms with Crippen molar-refractivity contribution in [3.63, 3.8) is 0 Å². The first kappa shape index (κ1) is 13.4. The summed E-state index contributed by atoms with van der Waals surface area (Å²) in [7, 11) is 0. The molecular formula is C12H23NO. The Hall–Kier alpha value is -0.630. The van der Waals surface area contributed by atoms with Gasteiger partial charge in [-0.2, -0.15) is 0 Å². The molecule has 1 atom stereocenters. The monoisotopic (exact) mass is 197 g/mol. The highest BCUT2D eigenvalue weighted by molar-refractivity contribution is 5.88. The lowest BCUT2D eigenvalue weighted by atomic mass is 9.92. The van der Waals surface area contributed by atoms with Crippen LogP contribution < -0.4 is 5.73 Å². The maximum Gasteiger partial charge on any atom is 0.155 e. The highest BCUT2D eigenvalue weighted by atomic mass is 16.1. The molecule has 0 aromatic carbocycles. The molecule has 0 aromatic rings. The molecule has 0 aliphatic rings. The van der Waals surface area contributed by atoms with Crippen LogP contribution in [-0.4, -0.2) is 12.3 Å². The number of hydrogen-bond donors (Lipinski definition) is 1. The summed E-state index contributed by atoms with van der Waals surface area (Å²) in [6.45, 7) is 6.42. The summed E-state index contributed by atoms with van der Waals surface area (Å²) in [6.07, 6.45) is 7.72. The van der Waals surface area contributed by atoms with Crippen LogP contribution in [0.15, 0.2) is 12.7 Å². The normalized spacial score (nSPS) is 12.4. The first-order valence-electron chi connectivity index (χ1n) is 5.59. The van der Waals surface area contributed by atoms with Gasteiger partial charge >= 0.3 is 0 Å². The minimum absolute atomic E-state index is 0.166. The molecule has 0 radical (unpaired) electrons. The number of ketones is 1. The Morgan fingerprint density at radius 1 is 1.43 bits per heavy atom. The molecule has 0 saturated heterocycles. The molecule has 1 unspecified atom stereocenters. The molecule has 14 heavy (non-hydrogen) atoms. The van der Waals surface area contributed by atoms with E-state index in [1.165, 1.54) is 18.9 Å². The molecule has 2 nitrogen and oxygen atoms in total. The van der Waals surface area contributed by atoms with Gasteiger partial charge in [-0.3, -0.25) is 4.79 Å². The van der Waals surface area contributed by atoms with E-state index in [0.29, 0.717) is 12.3 Å². The summed E-state index contributed by atoms with van der Waals surface area (Å²) < 4.78 is 0. The maximum atomic E-state index is 11.1. The lowest BCUT2D eigenvalue weighted by Crippen LogP contribution is -2.07. The molecular weight excluding hydrogens is 174 g/mol. The zero-order valence-corrected chi connectivity index (χ0v) is 9.30. The summed E-state index contributed by atoms with van der Waals surface area (Å²) in [5.74, 6) is 0.839. The molecule has 0 aliphatic heterocycles. The van der Waals surface area contributed by atoms with E-state index in [2.05, 4.69) is 13.5 Å². The topological polar surface area (TPSA) is 43.1 Å². The standard InChI is InChI=1S/C12H23NO/c1-3-6-11(7-5-10-13)8-9-12(14)4-2/h4,11H,2-3,5-10,13H2,1H3. The number of hydrogen-bond acceptors (Lipinski definition) is 2. The molecule has 0 saturated carbocycles. The minimum Gasteiger partial charge on any atom is -0.330 e. The molecule has 0 amide bonds. The minimum atomic E-state index is 0.166. The summed E-state index contributed by atoms with van der Waals surface area (Å²) in [5, 5.41) is 0. The predicted molar refractivity (Wildman–Crippen MR) is 61.1 cm³/mol. The lowest BCUT2D eigenvalue weighted by Gasteiger charge is -2.14. The molecule has 0 fully saturated rings. The Labute approximate surface area is 87.6 Å². The Bertz CT molecular complexity index is 166. The van der Waals surface area contributed by atoms with Crippen molar-refractivity contribution in [3.8, 4) is 0 Å². The maximum absolute atomic E-state index is 11.1. The first-order valence-corrected chi connectivity index (χ1v) is 5.59. The van der Waals surface area contributed by atoms with Gasteiger partial charge in [0.1, 0.15) is 0 Å². The van der Waals surface area contributed by atoms with Crippen LogP contribution in [0.1, 0.15) is 45.4 Å². The van der Waals surface area contributed by atoms with Gasteiger partial charge < -0.3 is 5.73 Å². The van der Waals surface area contributed by atoms with E-state index in [4.69, 9.17) is 5.73 Å². The molecule has 0 bridgehead atoms. The van der Waals surface area contributed by atoms with E-state index >= 15 is 0 Å². The second kappa shape index (κ2) is 8.95. The van der Waals surface area contributed by atoms with Gasteiger partial charge in [0.2, 0.25) is 0 Å². The van der Waals surface area contributed by atoms with Crippen LogP contribution >= 0.6 is 0 Å². The number of nitrogens with two attached hydrogens (primary N) is 1. The van der Waals surface area contributed by atoms with Crippen molar-refractivity contribution >= 4 is 5.78 Å². The van der Waals surface area contributed by atoms with Gasteiger partial charge in [0, 0.05) is 6.42 Å². The average molecular weight is 197 g/mol. The van der Waals surface area contributed by atoms with Gasteiger partial charge in [-0.15, -0.1) is 0 Å².